The van der Waals surface area contributed by atoms with Gasteiger partial charge in [-0.1, -0.05) is 6.07 Å². The van der Waals surface area contributed by atoms with Crippen molar-refractivity contribution in [2.75, 3.05) is 17.7 Å². The summed E-state index contributed by atoms with van der Waals surface area (Å²) in [6.07, 6.45) is 3.55. The van der Waals surface area contributed by atoms with Crippen LogP contribution in [0.4, 0.5) is 5.69 Å². The molecule has 134 valence electrons. The highest BCUT2D eigenvalue weighted by Crippen LogP contribution is 2.46. The average molecular weight is 367 g/mol. The lowest BCUT2D eigenvalue weighted by Gasteiger charge is -2.38. The van der Waals surface area contributed by atoms with Crippen LogP contribution in [0.15, 0.2) is 41.5 Å². The highest BCUT2D eigenvalue weighted by molar-refractivity contribution is 8.13. The zero-order valence-electron chi connectivity index (χ0n) is 14.9. The summed E-state index contributed by atoms with van der Waals surface area (Å²) in [7, 11) is 0. The molecule has 0 radical (unpaired) electrons. The van der Waals surface area contributed by atoms with Crippen LogP contribution in [0.1, 0.15) is 41.4 Å². The van der Waals surface area contributed by atoms with Crippen molar-refractivity contribution in [2.24, 2.45) is 4.99 Å². The van der Waals surface area contributed by atoms with Gasteiger partial charge >= 0.3 is 0 Å². The number of nitrogens with zero attached hydrogens (tertiary/aromatic N) is 2. The van der Waals surface area contributed by atoms with Gasteiger partial charge in [0.25, 0.3) is 5.91 Å². The number of anilines is 1. The van der Waals surface area contributed by atoms with E-state index in [0.717, 1.165) is 46.2 Å². The lowest BCUT2D eigenvalue weighted by Crippen LogP contribution is -2.34. The number of pyridine rings is 1. The number of benzene rings is 1. The number of thioether (sulfide) groups is 1. The second-order valence-corrected chi connectivity index (χ2v) is 8.03. The van der Waals surface area contributed by atoms with Gasteiger partial charge < -0.3 is 10.1 Å². The van der Waals surface area contributed by atoms with Gasteiger partial charge in [-0.15, -0.1) is 11.8 Å². The molecule has 1 aromatic carbocycles. The van der Waals surface area contributed by atoms with E-state index < -0.39 is 0 Å². The van der Waals surface area contributed by atoms with Gasteiger partial charge in [0.2, 0.25) is 0 Å². The molecule has 1 amide bonds. The molecule has 0 fully saturated rings. The zero-order valence-corrected chi connectivity index (χ0v) is 15.7. The van der Waals surface area contributed by atoms with Crippen molar-refractivity contribution in [3.05, 3.63) is 53.3 Å². The summed E-state index contributed by atoms with van der Waals surface area (Å²) in [5, 5.41) is 4.06. The molecule has 4 rings (SSSR count). The number of aryl methyl sites for hydroxylation is 1. The van der Waals surface area contributed by atoms with Gasteiger partial charge in [-0.3, -0.25) is 14.8 Å². The SMILES string of the molecule is CC1=NC2(CCOc3ccc(NC(=O)c4ccc(C)cn4)cc32)CCS1. The number of amides is 1. The molecule has 0 aliphatic carbocycles. The van der Waals surface area contributed by atoms with E-state index in [0.29, 0.717) is 12.3 Å². The van der Waals surface area contributed by atoms with E-state index in [1.54, 1.807) is 24.0 Å². The molecule has 6 heteroatoms. The summed E-state index contributed by atoms with van der Waals surface area (Å²) >= 11 is 1.80. The first-order valence-corrected chi connectivity index (χ1v) is 9.75. The molecule has 0 saturated heterocycles. The molecule has 2 aliphatic heterocycles. The summed E-state index contributed by atoms with van der Waals surface area (Å²) in [5.74, 6) is 1.71. The number of carbonyl (C=O) groups is 1. The van der Waals surface area contributed by atoms with E-state index >= 15 is 0 Å². The van der Waals surface area contributed by atoms with E-state index in [4.69, 9.17) is 9.73 Å². The molecular weight excluding hydrogens is 346 g/mol. The lowest BCUT2D eigenvalue weighted by atomic mass is 9.82. The molecule has 1 aromatic heterocycles. The van der Waals surface area contributed by atoms with Gasteiger partial charge in [0, 0.05) is 29.6 Å². The number of rotatable bonds is 2. The molecule has 1 N–H and O–H groups in total. The minimum absolute atomic E-state index is 0.213. The number of fused-ring (bicyclic) bond motifs is 2. The molecule has 3 heterocycles. The Balaban J connectivity index is 1.65. The Morgan fingerprint density at radius 3 is 2.88 bits per heavy atom. The maximum atomic E-state index is 12.5. The summed E-state index contributed by atoms with van der Waals surface area (Å²) in [5.41, 5.74) is 3.01. The summed E-state index contributed by atoms with van der Waals surface area (Å²) < 4.78 is 5.84. The van der Waals surface area contributed by atoms with Crippen molar-refractivity contribution in [1.82, 2.24) is 4.98 Å². The third kappa shape index (κ3) is 3.21. The Morgan fingerprint density at radius 2 is 2.12 bits per heavy atom. The normalized spacial score (nSPS) is 21.5. The largest absolute Gasteiger partial charge is 0.493 e. The third-order valence-corrected chi connectivity index (χ3v) is 5.77. The van der Waals surface area contributed by atoms with Crippen molar-refractivity contribution in [1.29, 1.82) is 0 Å². The number of ether oxygens (including phenoxy) is 1. The van der Waals surface area contributed by atoms with E-state index in [9.17, 15) is 4.79 Å². The second-order valence-electron chi connectivity index (χ2n) is 6.75. The average Bonchev–Trinajstić information content (AvgIpc) is 2.63. The van der Waals surface area contributed by atoms with Gasteiger partial charge in [0.05, 0.1) is 17.2 Å². The van der Waals surface area contributed by atoms with Gasteiger partial charge in [-0.2, -0.15) is 0 Å². The summed E-state index contributed by atoms with van der Waals surface area (Å²) in [4.78, 5) is 21.6. The lowest BCUT2D eigenvalue weighted by molar-refractivity contribution is 0.102. The van der Waals surface area contributed by atoms with Crippen LogP contribution in [-0.4, -0.2) is 28.3 Å². The highest BCUT2D eigenvalue weighted by atomic mass is 32.2. The Labute approximate surface area is 157 Å². The fraction of sp³-hybridized carbons (Fsp3) is 0.350. The van der Waals surface area contributed by atoms with Crippen LogP contribution in [0.2, 0.25) is 0 Å². The van der Waals surface area contributed by atoms with Crippen molar-refractivity contribution < 1.29 is 9.53 Å². The van der Waals surface area contributed by atoms with Crippen molar-refractivity contribution in [3.8, 4) is 5.75 Å². The van der Waals surface area contributed by atoms with Crippen LogP contribution in [-0.2, 0) is 5.54 Å². The summed E-state index contributed by atoms with van der Waals surface area (Å²) in [6.45, 7) is 4.69. The van der Waals surface area contributed by atoms with Gasteiger partial charge in [0.1, 0.15) is 11.4 Å². The maximum absolute atomic E-state index is 12.5. The molecule has 0 saturated carbocycles. The minimum atomic E-state index is -0.230. The van der Waals surface area contributed by atoms with Crippen LogP contribution in [0.25, 0.3) is 0 Å². The number of aromatic nitrogens is 1. The number of hydrogen-bond donors (Lipinski definition) is 1. The van der Waals surface area contributed by atoms with Crippen LogP contribution in [0.3, 0.4) is 0 Å². The van der Waals surface area contributed by atoms with Crippen LogP contribution >= 0.6 is 11.8 Å². The van der Waals surface area contributed by atoms with Crippen molar-refractivity contribution in [3.63, 3.8) is 0 Å². The molecule has 26 heavy (non-hydrogen) atoms. The van der Waals surface area contributed by atoms with Gasteiger partial charge in [-0.25, -0.2) is 0 Å². The van der Waals surface area contributed by atoms with E-state index in [1.807, 2.05) is 31.2 Å². The zero-order chi connectivity index (χ0) is 18.1. The fourth-order valence-electron chi connectivity index (χ4n) is 3.49. The Morgan fingerprint density at radius 1 is 1.23 bits per heavy atom. The van der Waals surface area contributed by atoms with Crippen molar-refractivity contribution >= 4 is 28.4 Å². The third-order valence-electron chi connectivity index (χ3n) is 4.85. The molecule has 0 bridgehead atoms. The Kier molecular flexibility index (Phi) is 4.44. The Bertz CT molecular complexity index is 879. The van der Waals surface area contributed by atoms with Crippen LogP contribution in [0, 0.1) is 6.92 Å². The van der Waals surface area contributed by atoms with Crippen LogP contribution in [0.5, 0.6) is 5.75 Å². The van der Waals surface area contributed by atoms with E-state index in [-0.39, 0.29) is 11.4 Å². The monoisotopic (exact) mass is 367 g/mol. The fourth-order valence-corrected chi connectivity index (χ4v) is 4.47. The Hall–Kier alpha value is -2.34. The predicted molar refractivity (Wildman–Crippen MR) is 105 cm³/mol. The first-order chi connectivity index (χ1) is 12.6. The molecule has 2 aromatic rings. The highest BCUT2D eigenvalue weighted by Gasteiger charge is 2.39. The van der Waals surface area contributed by atoms with Gasteiger partial charge in [0.15, 0.2) is 0 Å². The van der Waals surface area contributed by atoms with Crippen LogP contribution < -0.4 is 10.1 Å². The number of hydrogen-bond acceptors (Lipinski definition) is 5. The summed E-state index contributed by atoms with van der Waals surface area (Å²) in [6, 6.07) is 9.43. The number of aliphatic imine (C=N–C) groups is 1. The number of carbonyl (C=O) groups excluding carboxylic acids is 1. The molecule has 2 aliphatic rings. The van der Waals surface area contributed by atoms with Gasteiger partial charge in [-0.05, 0) is 50.1 Å². The minimum Gasteiger partial charge on any atom is -0.493 e. The standard InChI is InChI=1S/C20H21N3O2S/c1-13-3-5-17(21-12-13)19(24)22-15-4-6-18-16(11-15)20(7-9-25-18)8-10-26-14(2)23-20/h3-6,11-12H,7-10H2,1-2H3,(H,22,24). The molecule has 5 nitrogen and oxygen atoms in total. The van der Waals surface area contributed by atoms with E-state index in [1.165, 1.54) is 0 Å². The van der Waals surface area contributed by atoms with Crippen molar-refractivity contribution in [2.45, 2.75) is 32.2 Å². The molecular formula is C20H21N3O2S. The molecule has 1 atom stereocenters. The number of nitrogens with one attached hydrogen (secondary N) is 1. The molecule has 1 unspecified atom stereocenters. The first-order valence-electron chi connectivity index (χ1n) is 8.76. The maximum Gasteiger partial charge on any atom is 0.274 e. The topological polar surface area (TPSA) is 63.6 Å². The predicted octanol–water partition coefficient (Wildman–Crippen LogP) is 4.18. The smallest absolute Gasteiger partial charge is 0.274 e. The molecule has 1 spiro atoms. The second kappa shape index (κ2) is 6.76. The quantitative estimate of drug-likeness (QED) is 0.865. The first kappa shape index (κ1) is 17.1. The van der Waals surface area contributed by atoms with E-state index in [2.05, 4.69) is 17.2 Å².